The van der Waals surface area contributed by atoms with Crippen LogP contribution < -0.4 is 5.32 Å². The average molecular weight is 171 g/mol. The van der Waals surface area contributed by atoms with Crippen molar-refractivity contribution in [1.82, 2.24) is 4.98 Å². The van der Waals surface area contributed by atoms with Crippen LogP contribution in [0.25, 0.3) is 0 Å². The van der Waals surface area contributed by atoms with Gasteiger partial charge in [-0.1, -0.05) is 11.6 Å². The first kappa shape index (κ1) is 8.34. The van der Waals surface area contributed by atoms with E-state index in [0.29, 0.717) is 11.1 Å². The Kier molecular flexibility index (Phi) is 2.71. The smallest absolute Gasteiger partial charge is 0.126 e. The van der Waals surface area contributed by atoms with E-state index in [2.05, 4.69) is 24.1 Å². The van der Waals surface area contributed by atoms with Gasteiger partial charge in [-0.05, 0) is 26.0 Å². The van der Waals surface area contributed by atoms with E-state index < -0.39 is 0 Å². The Morgan fingerprint density at radius 3 is 2.64 bits per heavy atom. The van der Waals surface area contributed by atoms with Crippen LogP contribution in [0, 0.1) is 0 Å². The number of nitrogens with one attached hydrogen (secondary N) is 1. The lowest BCUT2D eigenvalue weighted by atomic mass is 10.4. The summed E-state index contributed by atoms with van der Waals surface area (Å²) < 4.78 is 0. The summed E-state index contributed by atoms with van der Waals surface area (Å²) in [7, 11) is 0. The molecule has 1 aromatic rings. The first-order chi connectivity index (χ1) is 5.18. The monoisotopic (exact) mass is 170 g/mol. The lowest BCUT2D eigenvalue weighted by Gasteiger charge is -2.07. The molecule has 1 heterocycles. The minimum Gasteiger partial charge on any atom is -0.368 e. The van der Waals surface area contributed by atoms with Crippen molar-refractivity contribution in [3.63, 3.8) is 0 Å². The summed E-state index contributed by atoms with van der Waals surface area (Å²) in [5.41, 5.74) is 0. The predicted octanol–water partition coefficient (Wildman–Crippen LogP) is 2.56. The average Bonchev–Trinajstić information content (AvgIpc) is 1.93. The fourth-order valence-corrected chi connectivity index (χ4v) is 0.869. The first-order valence-electron chi connectivity index (χ1n) is 3.56. The third-order valence-corrected chi connectivity index (χ3v) is 1.39. The highest BCUT2D eigenvalue weighted by atomic mass is 35.5. The maximum Gasteiger partial charge on any atom is 0.126 e. The minimum atomic E-state index is 0.406. The quantitative estimate of drug-likeness (QED) is 0.738. The number of halogens is 1. The van der Waals surface area contributed by atoms with Gasteiger partial charge in [0, 0.05) is 12.2 Å². The normalized spacial score (nSPS) is 10.2. The number of aromatic nitrogens is 1. The zero-order valence-corrected chi connectivity index (χ0v) is 7.39. The molecule has 0 spiro atoms. The second kappa shape index (κ2) is 3.58. The van der Waals surface area contributed by atoms with Gasteiger partial charge < -0.3 is 5.32 Å². The number of pyridine rings is 1. The van der Waals surface area contributed by atoms with Crippen molar-refractivity contribution in [3.8, 4) is 0 Å². The Bertz CT molecular complexity index is 218. The van der Waals surface area contributed by atoms with Crippen LogP contribution in [0.2, 0.25) is 5.02 Å². The minimum absolute atomic E-state index is 0.406. The standard InChI is InChI=1S/C8H11ClN2/c1-6(2)11-8-4-3-7(9)5-10-8/h3-6H,1-2H3,(H,10,11). The van der Waals surface area contributed by atoms with Crippen molar-refractivity contribution in [1.29, 1.82) is 0 Å². The zero-order chi connectivity index (χ0) is 8.27. The van der Waals surface area contributed by atoms with Gasteiger partial charge in [0.1, 0.15) is 5.82 Å². The highest BCUT2D eigenvalue weighted by molar-refractivity contribution is 6.30. The molecule has 0 aliphatic rings. The summed E-state index contributed by atoms with van der Waals surface area (Å²) in [4.78, 5) is 4.08. The summed E-state index contributed by atoms with van der Waals surface area (Å²) in [6.45, 7) is 4.13. The molecule has 1 aromatic heterocycles. The molecule has 0 fully saturated rings. The molecule has 1 rings (SSSR count). The van der Waals surface area contributed by atoms with Gasteiger partial charge in [-0.15, -0.1) is 0 Å². The predicted molar refractivity (Wildman–Crippen MR) is 48.0 cm³/mol. The van der Waals surface area contributed by atoms with E-state index in [-0.39, 0.29) is 0 Å². The molecule has 0 unspecified atom stereocenters. The van der Waals surface area contributed by atoms with Crippen molar-refractivity contribution in [2.75, 3.05) is 5.32 Å². The van der Waals surface area contributed by atoms with Gasteiger partial charge in [-0.3, -0.25) is 0 Å². The Morgan fingerprint density at radius 1 is 1.45 bits per heavy atom. The maximum absolute atomic E-state index is 5.66. The van der Waals surface area contributed by atoms with Crippen LogP contribution >= 0.6 is 11.6 Å². The Balaban J connectivity index is 2.66. The van der Waals surface area contributed by atoms with Crippen LogP contribution in [0.4, 0.5) is 5.82 Å². The molecule has 0 aliphatic heterocycles. The molecule has 0 aromatic carbocycles. The molecule has 0 aliphatic carbocycles. The Morgan fingerprint density at radius 2 is 2.18 bits per heavy atom. The molecule has 60 valence electrons. The second-order valence-electron chi connectivity index (χ2n) is 2.66. The van der Waals surface area contributed by atoms with Crippen LogP contribution in [-0.2, 0) is 0 Å². The SMILES string of the molecule is CC(C)Nc1ccc(Cl)cn1. The molecular weight excluding hydrogens is 160 g/mol. The fraction of sp³-hybridized carbons (Fsp3) is 0.375. The largest absolute Gasteiger partial charge is 0.368 e. The number of nitrogens with zero attached hydrogens (tertiary/aromatic N) is 1. The summed E-state index contributed by atoms with van der Waals surface area (Å²) in [6.07, 6.45) is 1.63. The van der Waals surface area contributed by atoms with Crippen LogP contribution in [0.1, 0.15) is 13.8 Å². The van der Waals surface area contributed by atoms with E-state index in [1.165, 1.54) is 0 Å². The molecule has 0 amide bonds. The number of hydrogen-bond acceptors (Lipinski definition) is 2. The molecule has 1 N–H and O–H groups in total. The van der Waals surface area contributed by atoms with Crippen LogP contribution in [0.3, 0.4) is 0 Å². The Labute approximate surface area is 71.6 Å². The molecule has 0 atom stereocenters. The van der Waals surface area contributed by atoms with Crippen LogP contribution in [-0.4, -0.2) is 11.0 Å². The van der Waals surface area contributed by atoms with Gasteiger partial charge in [-0.25, -0.2) is 4.98 Å². The van der Waals surface area contributed by atoms with Gasteiger partial charge in [0.05, 0.1) is 5.02 Å². The van der Waals surface area contributed by atoms with Gasteiger partial charge >= 0.3 is 0 Å². The molecule has 0 saturated heterocycles. The van der Waals surface area contributed by atoms with E-state index in [9.17, 15) is 0 Å². The maximum atomic E-state index is 5.66. The summed E-state index contributed by atoms with van der Waals surface area (Å²) in [6, 6.07) is 4.09. The molecule has 0 radical (unpaired) electrons. The fourth-order valence-electron chi connectivity index (χ4n) is 0.757. The van der Waals surface area contributed by atoms with E-state index >= 15 is 0 Å². The van der Waals surface area contributed by atoms with Crippen molar-refractivity contribution >= 4 is 17.4 Å². The summed E-state index contributed by atoms with van der Waals surface area (Å²) in [5, 5.41) is 3.83. The molecule has 0 bridgehead atoms. The highest BCUT2D eigenvalue weighted by Gasteiger charge is 1.94. The van der Waals surface area contributed by atoms with Gasteiger partial charge in [0.15, 0.2) is 0 Å². The van der Waals surface area contributed by atoms with Crippen LogP contribution in [0.15, 0.2) is 18.3 Å². The lowest BCUT2D eigenvalue weighted by molar-refractivity contribution is 0.889. The highest BCUT2D eigenvalue weighted by Crippen LogP contribution is 2.09. The van der Waals surface area contributed by atoms with Gasteiger partial charge in [-0.2, -0.15) is 0 Å². The van der Waals surface area contributed by atoms with E-state index in [1.54, 1.807) is 6.20 Å². The number of hydrogen-bond donors (Lipinski definition) is 1. The van der Waals surface area contributed by atoms with Crippen molar-refractivity contribution in [2.45, 2.75) is 19.9 Å². The van der Waals surface area contributed by atoms with E-state index in [4.69, 9.17) is 11.6 Å². The molecule has 0 saturated carbocycles. The topological polar surface area (TPSA) is 24.9 Å². The third kappa shape index (κ3) is 2.76. The zero-order valence-electron chi connectivity index (χ0n) is 6.63. The van der Waals surface area contributed by atoms with Crippen molar-refractivity contribution in [3.05, 3.63) is 23.4 Å². The summed E-state index contributed by atoms with van der Waals surface area (Å²) >= 11 is 5.66. The second-order valence-corrected chi connectivity index (χ2v) is 3.10. The van der Waals surface area contributed by atoms with E-state index in [1.807, 2.05) is 12.1 Å². The number of rotatable bonds is 2. The van der Waals surface area contributed by atoms with Crippen molar-refractivity contribution in [2.24, 2.45) is 0 Å². The molecule has 3 heteroatoms. The van der Waals surface area contributed by atoms with Crippen molar-refractivity contribution < 1.29 is 0 Å². The molecule has 11 heavy (non-hydrogen) atoms. The lowest BCUT2D eigenvalue weighted by Crippen LogP contribution is -2.10. The van der Waals surface area contributed by atoms with Gasteiger partial charge in [0.25, 0.3) is 0 Å². The molecule has 2 nitrogen and oxygen atoms in total. The van der Waals surface area contributed by atoms with Gasteiger partial charge in [0.2, 0.25) is 0 Å². The summed E-state index contributed by atoms with van der Waals surface area (Å²) in [5.74, 6) is 0.865. The first-order valence-corrected chi connectivity index (χ1v) is 3.94. The Hall–Kier alpha value is -0.760. The third-order valence-electron chi connectivity index (χ3n) is 1.16. The van der Waals surface area contributed by atoms with Crippen LogP contribution in [0.5, 0.6) is 0 Å². The molecular formula is C8H11ClN2. The number of anilines is 1. The van der Waals surface area contributed by atoms with E-state index in [0.717, 1.165) is 5.82 Å².